The molecule has 2 aromatic carbocycles. The monoisotopic (exact) mass is 484 g/mol. The van der Waals surface area contributed by atoms with E-state index in [1.165, 1.54) is 48.5 Å². The van der Waals surface area contributed by atoms with E-state index in [0.29, 0.717) is 11.1 Å². The van der Waals surface area contributed by atoms with Gasteiger partial charge in [-0.1, -0.05) is 24.3 Å². The maximum Gasteiger partial charge on any atom is 0.471 e. The Hall–Kier alpha value is -2.89. The normalized spacial score (nSPS) is 12.0. The standard InChI is InChI=1S/C18H15F6N2O5P/c19-17(20,21)15(27)25-13-5-1-11(2-6-13)9-30-32(29)31-10-12-3-7-14(8-4-12)26-16(28)18(22,23)24/h1-8,32H,9-10H2,(H,25,27)(H,26,28). The predicted octanol–water partition coefficient (Wildman–Crippen LogP) is 4.81. The van der Waals surface area contributed by atoms with E-state index in [-0.39, 0.29) is 24.6 Å². The Morgan fingerprint density at radius 3 is 1.28 bits per heavy atom. The lowest BCUT2D eigenvalue weighted by molar-refractivity contribution is -0.167. The number of alkyl halides is 6. The highest BCUT2D eigenvalue weighted by Gasteiger charge is 2.39. The largest absolute Gasteiger partial charge is 0.471 e. The van der Waals surface area contributed by atoms with Crippen molar-refractivity contribution in [2.24, 2.45) is 0 Å². The topological polar surface area (TPSA) is 93.7 Å². The predicted molar refractivity (Wildman–Crippen MR) is 101 cm³/mol. The molecule has 2 rings (SSSR count). The summed E-state index contributed by atoms with van der Waals surface area (Å²) in [7, 11) is -2.97. The lowest BCUT2D eigenvalue weighted by Gasteiger charge is -2.10. The van der Waals surface area contributed by atoms with Crippen molar-refractivity contribution in [3.8, 4) is 0 Å². The molecule has 7 nitrogen and oxygen atoms in total. The number of carbonyl (C=O) groups is 2. The molecule has 0 aromatic heterocycles. The van der Waals surface area contributed by atoms with E-state index in [1.807, 2.05) is 0 Å². The number of amides is 2. The zero-order valence-electron chi connectivity index (χ0n) is 15.8. The number of hydrogen-bond acceptors (Lipinski definition) is 5. The number of halogens is 6. The number of benzene rings is 2. The van der Waals surface area contributed by atoms with E-state index in [1.54, 1.807) is 10.6 Å². The first-order valence-corrected chi connectivity index (χ1v) is 9.81. The van der Waals surface area contributed by atoms with Crippen LogP contribution >= 0.6 is 8.25 Å². The highest BCUT2D eigenvalue weighted by molar-refractivity contribution is 7.33. The Kier molecular flexibility index (Phi) is 8.42. The summed E-state index contributed by atoms with van der Waals surface area (Å²) >= 11 is 0. The fourth-order valence-corrected chi connectivity index (χ4v) is 2.75. The zero-order valence-corrected chi connectivity index (χ0v) is 16.8. The van der Waals surface area contributed by atoms with Crippen LogP contribution in [0.15, 0.2) is 48.5 Å². The van der Waals surface area contributed by atoms with E-state index in [0.717, 1.165) is 0 Å². The Morgan fingerprint density at radius 1 is 0.688 bits per heavy atom. The third-order valence-corrected chi connectivity index (χ3v) is 4.41. The lowest BCUT2D eigenvalue weighted by Crippen LogP contribution is -2.29. The van der Waals surface area contributed by atoms with Crippen LogP contribution in [0.5, 0.6) is 0 Å². The van der Waals surface area contributed by atoms with Crippen LogP contribution in [-0.4, -0.2) is 24.2 Å². The lowest BCUT2D eigenvalue weighted by atomic mass is 10.2. The van der Waals surface area contributed by atoms with Gasteiger partial charge in [-0.2, -0.15) is 26.3 Å². The summed E-state index contributed by atoms with van der Waals surface area (Å²) in [6.07, 6.45) is -10.0. The Labute approximate surface area is 177 Å². The minimum Gasteiger partial charge on any atom is -0.318 e. The number of anilines is 2. The molecule has 174 valence electrons. The summed E-state index contributed by atoms with van der Waals surface area (Å²) in [5.74, 6) is -4.23. The minimum atomic E-state index is -5.02. The average Bonchev–Trinajstić information content (AvgIpc) is 2.71. The second-order valence-electron chi connectivity index (χ2n) is 6.12. The molecule has 0 radical (unpaired) electrons. The van der Waals surface area contributed by atoms with Gasteiger partial charge in [-0.3, -0.25) is 14.2 Å². The van der Waals surface area contributed by atoms with E-state index >= 15 is 0 Å². The van der Waals surface area contributed by atoms with Gasteiger partial charge in [-0.25, -0.2) is 0 Å². The highest BCUT2D eigenvalue weighted by Crippen LogP contribution is 2.28. The maximum absolute atomic E-state index is 12.2. The van der Waals surface area contributed by atoms with Gasteiger partial charge >= 0.3 is 32.4 Å². The van der Waals surface area contributed by atoms with Gasteiger partial charge in [-0.15, -0.1) is 0 Å². The summed E-state index contributed by atoms with van der Waals surface area (Å²) in [6.45, 7) is -0.374. The summed E-state index contributed by atoms with van der Waals surface area (Å²) in [5, 5.41) is 3.34. The van der Waals surface area contributed by atoms with Gasteiger partial charge in [0.25, 0.3) is 0 Å². The Bertz CT molecular complexity index is 884. The fourth-order valence-electron chi connectivity index (χ4n) is 2.10. The van der Waals surface area contributed by atoms with Gasteiger partial charge in [0.05, 0.1) is 13.2 Å². The van der Waals surface area contributed by atoms with Crippen molar-refractivity contribution in [3.05, 3.63) is 59.7 Å². The molecule has 0 aliphatic rings. The van der Waals surface area contributed by atoms with Crippen LogP contribution in [0.25, 0.3) is 0 Å². The van der Waals surface area contributed by atoms with Gasteiger partial charge in [-0.05, 0) is 35.4 Å². The van der Waals surface area contributed by atoms with Gasteiger partial charge in [0.1, 0.15) is 0 Å². The Morgan fingerprint density at radius 2 is 1.00 bits per heavy atom. The first-order chi connectivity index (χ1) is 14.8. The van der Waals surface area contributed by atoms with Crippen LogP contribution in [0.2, 0.25) is 0 Å². The molecule has 0 fully saturated rings. The Balaban J connectivity index is 1.76. The van der Waals surface area contributed by atoms with E-state index in [9.17, 15) is 40.5 Å². The first-order valence-electron chi connectivity index (χ1n) is 8.58. The van der Waals surface area contributed by atoms with Crippen molar-refractivity contribution >= 4 is 31.4 Å². The molecule has 0 heterocycles. The van der Waals surface area contributed by atoms with Crippen LogP contribution in [-0.2, 0) is 36.4 Å². The SMILES string of the molecule is O=C(Nc1ccc(CO[PH](=O)OCc2ccc(NC(=O)C(F)(F)F)cc2)cc1)C(F)(F)F. The van der Waals surface area contributed by atoms with Crippen molar-refractivity contribution in [3.63, 3.8) is 0 Å². The summed E-state index contributed by atoms with van der Waals surface area (Å²) in [4.78, 5) is 21.7. The van der Waals surface area contributed by atoms with E-state index in [2.05, 4.69) is 0 Å². The molecule has 2 amide bonds. The van der Waals surface area contributed by atoms with Crippen molar-refractivity contribution in [2.75, 3.05) is 10.6 Å². The summed E-state index contributed by atoms with van der Waals surface area (Å²) in [5.41, 5.74) is 0.716. The smallest absolute Gasteiger partial charge is 0.318 e. The molecule has 2 aromatic rings. The van der Waals surface area contributed by atoms with Crippen molar-refractivity contribution < 1.29 is 49.5 Å². The molecule has 0 unspecified atom stereocenters. The van der Waals surface area contributed by atoms with Crippen molar-refractivity contribution in [1.82, 2.24) is 0 Å². The molecule has 2 N–H and O–H groups in total. The molecule has 0 saturated carbocycles. The number of nitrogens with one attached hydrogen (secondary N) is 2. The molecule has 0 atom stereocenters. The molecule has 32 heavy (non-hydrogen) atoms. The second kappa shape index (κ2) is 10.6. The molecule has 0 bridgehead atoms. The van der Waals surface area contributed by atoms with Crippen LogP contribution in [0.3, 0.4) is 0 Å². The van der Waals surface area contributed by atoms with Crippen LogP contribution < -0.4 is 10.6 Å². The van der Waals surface area contributed by atoms with Crippen LogP contribution in [0.4, 0.5) is 37.7 Å². The highest BCUT2D eigenvalue weighted by atomic mass is 31.1. The molecule has 0 aliphatic carbocycles. The van der Waals surface area contributed by atoms with E-state index in [4.69, 9.17) is 9.05 Å². The van der Waals surface area contributed by atoms with Crippen molar-refractivity contribution in [2.45, 2.75) is 25.6 Å². The molecule has 0 aliphatic heterocycles. The number of carbonyl (C=O) groups excluding carboxylic acids is 2. The summed E-state index contributed by atoms with van der Waals surface area (Å²) < 4.78 is 95.0. The minimum absolute atomic E-state index is 0.0881. The van der Waals surface area contributed by atoms with Crippen LogP contribution in [0.1, 0.15) is 11.1 Å². The molecule has 0 spiro atoms. The van der Waals surface area contributed by atoms with Crippen LogP contribution in [0, 0.1) is 0 Å². The second-order valence-corrected chi connectivity index (χ2v) is 7.20. The maximum atomic E-state index is 12.2. The quantitative estimate of drug-likeness (QED) is 0.415. The third-order valence-electron chi connectivity index (χ3n) is 3.65. The number of hydrogen-bond donors (Lipinski definition) is 2. The molecular formula is C18H15F6N2O5P. The number of rotatable bonds is 8. The average molecular weight is 484 g/mol. The molecule has 14 heteroatoms. The van der Waals surface area contributed by atoms with Gasteiger partial charge in [0, 0.05) is 11.4 Å². The zero-order chi connectivity index (χ0) is 23.9. The van der Waals surface area contributed by atoms with E-state index < -0.39 is 32.4 Å². The molecule has 0 saturated heterocycles. The fraction of sp³-hybridized carbons (Fsp3) is 0.222. The van der Waals surface area contributed by atoms with Gasteiger partial charge in [0.2, 0.25) is 0 Å². The van der Waals surface area contributed by atoms with Crippen molar-refractivity contribution in [1.29, 1.82) is 0 Å². The van der Waals surface area contributed by atoms with Gasteiger partial charge < -0.3 is 19.7 Å². The third kappa shape index (κ3) is 8.33. The summed E-state index contributed by atoms with van der Waals surface area (Å²) in [6, 6.07) is 10.3. The van der Waals surface area contributed by atoms with Gasteiger partial charge in [0.15, 0.2) is 0 Å². The first kappa shape index (κ1) is 25.4. The molecular weight excluding hydrogens is 469 g/mol.